The molecule has 0 saturated carbocycles. The van der Waals surface area contributed by atoms with Gasteiger partial charge in [-0.2, -0.15) is 5.10 Å². The molecule has 0 radical (unpaired) electrons. The molecule has 0 spiro atoms. The van der Waals surface area contributed by atoms with Crippen molar-refractivity contribution < 1.29 is 4.79 Å². The number of anilines is 2. The smallest absolute Gasteiger partial charge is 0.260 e. The summed E-state index contributed by atoms with van der Waals surface area (Å²) >= 11 is 5.87. The SMILES string of the molecule is Cc1nnc(NC(=O)c2cc(Cl)ccc2NN)nc1C. The van der Waals surface area contributed by atoms with Crippen LogP contribution in [0.25, 0.3) is 0 Å². The summed E-state index contributed by atoms with van der Waals surface area (Å²) < 4.78 is 0. The molecule has 2 aromatic rings. The number of hydrogen-bond acceptors (Lipinski definition) is 6. The summed E-state index contributed by atoms with van der Waals surface area (Å²) in [6.07, 6.45) is 0. The van der Waals surface area contributed by atoms with E-state index in [-0.39, 0.29) is 5.95 Å². The second-order valence-electron chi connectivity index (χ2n) is 4.09. The van der Waals surface area contributed by atoms with E-state index in [1.54, 1.807) is 26.0 Å². The number of nitrogens with one attached hydrogen (secondary N) is 2. The lowest BCUT2D eigenvalue weighted by molar-refractivity contribution is 0.102. The third-order valence-corrected chi connectivity index (χ3v) is 2.93. The maximum atomic E-state index is 12.2. The fourth-order valence-corrected chi connectivity index (χ4v) is 1.68. The van der Waals surface area contributed by atoms with E-state index >= 15 is 0 Å². The van der Waals surface area contributed by atoms with E-state index in [1.165, 1.54) is 6.07 Å². The Morgan fingerprint density at radius 1 is 1.25 bits per heavy atom. The minimum Gasteiger partial charge on any atom is -0.323 e. The summed E-state index contributed by atoms with van der Waals surface area (Å²) in [7, 11) is 0. The number of amides is 1. The summed E-state index contributed by atoms with van der Waals surface area (Å²) in [6.45, 7) is 3.57. The average Bonchev–Trinajstić information content (AvgIpc) is 2.43. The van der Waals surface area contributed by atoms with Gasteiger partial charge in [0.1, 0.15) is 0 Å². The van der Waals surface area contributed by atoms with Crippen LogP contribution in [0.2, 0.25) is 5.02 Å². The largest absolute Gasteiger partial charge is 0.323 e. The Labute approximate surface area is 120 Å². The molecule has 0 atom stereocenters. The number of carbonyl (C=O) groups is 1. The van der Waals surface area contributed by atoms with E-state index in [2.05, 4.69) is 25.9 Å². The number of nitrogen functional groups attached to an aromatic ring is 1. The van der Waals surface area contributed by atoms with Gasteiger partial charge >= 0.3 is 0 Å². The molecule has 0 aliphatic carbocycles. The predicted molar refractivity (Wildman–Crippen MR) is 76.5 cm³/mol. The minimum atomic E-state index is -0.425. The topological polar surface area (TPSA) is 106 Å². The Kier molecular flexibility index (Phi) is 4.11. The zero-order valence-corrected chi connectivity index (χ0v) is 11.7. The molecule has 0 fully saturated rings. The number of aromatic nitrogens is 3. The molecule has 1 amide bonds. The first-order valence-electron chi connectivity index (χ1n) is 5.76. The fourth-order valence-electron chi connectivity index (χ4n) is 1.51. The number of carbonyl (C=O) groups excluding carboxylic acids is 1. The highest BCUT2D eigenvalue weighted by molar-refractivity contribution is 6.31. The lowest BCUT2D eigenvalue weighted by Crippen LogP contribution is -2.19. The van der Waals surface area contributed by atoms with Gasteiger partial charge in [0, 0.05) is 5.02 Å². The number of aryl methyl sites for hydroxylation is 2. The van der Waals surface area contributed by atoms with Crippen LogP contribution >= 0.6 is 11.6 Å². The Hall–Kier alpha value is -2.25. The Morgan fingerprint density at radius 3 is 2.65 bits per heavy atom. The Bertz CT molecular complexity index is 660. The van der Waals surface area contributed by atoms with Gasteiger partial charge in [0.25, 0.3) is 5.91 Å². The van der Waals surface area contributed by atoms with E-state index in [0.717, 1.165) is 0 Å². The Morgan fingerprint density at radius 2 is 2.00 bits per heavy atom. The number of nitrogens with zero attached hydrogens (tertiary/aromatic N) is 3. The minimum absolute atomic E-state index is 0.126. The molecular formula is C12H13ClN6O. The van der Waals surface area contributed by atoms with E-state index in [0.29, 0.717) is 27.7 Å². The van der Waals surface area contributed by atoms with Gasteiger partial charge in [-0.25, -0.2) is 4.98 Å². The predicted octanol–water partition coefficient (Wildman–Crippen LogP) is 1.68. The van der Waals surface area contributed by atoms with Crippen molar-refractivity contribution in [1.29, 1.82) is 0 Å². The molecule has 8 heteroatoms. The molecular weight excluding hydrogens is 280 g/mol. The second kappa shape index (κ2) is 5.81. The van der Waals surface area contributed by atoms with Crippen LogP contribution in [0, 0.1) is 13.8 Å². The molecule has 4 N–H and O–H groups in total. The van der Waals surface area contributed by atoms with Gasteiger partial charge in [0.05, 0.1) is 22.6 Å². The summed E-state index contributed by atoms with van der Waals surface area (Å²) in [6, 6.07) is 4.74. The van der Waals surface area contributed by atoms with Gasteiger partial charge in [0.15, 0.2) is 0 Å². The van der Waals surface area contributed by atoms with Gasteiger partial charge in [-0.05, 0) is 32.0 Å². The van der Waals surface area contributed by atoms with E-state index in [4.69, 9.17) is 17.4 Å². The van der Waals surface area contributed by atoms with Crippen LogP contribution in [-0.4, -0.2) is 21.1 Å². The first-order valence-corrected chi connectivity index (χ1v) is 6.14. The summed E-state index contributed by atoms with van der Waals surface area (Å²) in [5.41, 5.74) is 4.57. The molecule has 2 rings (SSSR count). The molecule has 0 unspecified atom stereocenters. The van der Waals surface area contributed by atoms with Crippen LogP contribution in [-0.2, 0) is 0 Å². The van der Waals surface area contributed by atoms with E-state index in [1.807, 2.05) is 0 Å². The van der Waals surface area contributed by atoms with Crippen LogP contribution in [0.4, 0.5) is 11.6 Å². The molecule has 0 aliphatic heterocycles. The molecule has 0 saturated heterocycles. The fraction of sp³-hybridized carbons (Fsp3) is 0.167. The Balaban J connectivity index is 2.27. The van der Waals surface area contributed by atoms with Gasteiger partial charge in [0.2, 0.25) is 5.95 Å². The van der Waals surface area contributed by atoms with Crippen molar-refractivity contribution in [3.05, 3.63) is 40.2 Å². The molecule has 1 aromatic heterocycles. The maximum Gasteiger partial charge on any atom is 0.260 e. The highest BCUT2D eigenvalue weighted by Crippen LogP contribution is 2.20. The first kappa shape index (κ1) is 14.2. The van der Waals surface area contributed by atoms with Crippen molar-refractivity contribution in [2.75, 3.05) is 10.7 Å². The van der Waals surface area contributed by atoms with Crippen molar-refractivity contribution in [2.45, 2.75) is 13.8 Å². The summed E-state index contributed by atoms with van der Waals surface area (Å²) in [4.78, 5) is 16.3. The first-order chi connectivity index (χ1) is 9.51. The van der Waals surface area contributed by atoms with Gasteiger partial charge in [-0.3, -0.25) is 16.0 Å². The summed E-state index contributed by atoms with van der Waals surface area (Å²) in [5.74, 6) is 5.06. The lowest BCUT2D eigenvalue weighted by Gasteiger charge is -2.09. The monoisotopic (exact) mass is 292 g/mol. The number of nitrogens with two attached hydrogens (primary N) is 1. The van der Waals surface area contributed by atoms with Crippen molar-refractivity contribution in [3.8, 4) is 0 Å². The molecule has 0 aliphatic rings. The highest BCUT2D eigenvalue weighted by Gasteiger charge is 2.14. The van der Waals surface area contributed by atoms with Crippen LogP contribution in [0.5, 0.6) is 0 Å². The summed E-state index contributed by atoms with van der Waals surface area (Å²) in [5, 5.41) is 10.7. The number of hydrogen-bond donors (Lipinski definition) is 3. The van der Waals surface area contributed by atoms with Crippen molar-refractivity contribution in [3.63, 3.8) is 0 Å². The van der Waals surface area contributed by atoms with Crippen molar-refractivity contribution >= 4 is 29.1 Å². The highest BCUT2D eigenvalue weighted by atomic mass is 35.5. The van der Waals surface area contributed by atoms with Crippen LogP contribution in [0.3, 0.4) is 0 Å². The quantitative estimate of drug-likeness (QED) is 0.587. The van der Waals surface area contributed by atoms with E-state index in [9.17, 15) is 4.79 Å². The molecule has 1 heterocycles. The number of rotatable bonds is 3. The molecule has 104 valence electrons. The van der Waals surface area contributed by atoms with Crippen LogP contribution in [0.15, 0.2) is 18.2 Å². The van der Waals surface area contributed by atoms with Gasteiger partial charge in [-0.15, -0.1) is 5.10 Å². The van der Waals surface area contributed by atoms with Crippen LogP contribution in [0.1, 0.15) is 21.7 Å². The number of hydrazine groups is 1. The number of halogens is 1. The van der Waals surface area contributed by atoms with Crippen molar-refractivity contribution in [2.24, 2.45) is 5.84 Å². The second-order valence-corrected chi connectivity index (χ2v) is 4.53. The molecule has 20 heavy (non-hydrogen) atoms. The van der Waals surface area contributed by atoms with E-state index < -0.39 is 5.91 Å². The third kappa shape index (κ3) is 3.01. The lowest BCUT2D eigenvalue weighted by atomic mass is 10.1. The molecule has 7 nitrogen and oxygen atoms in total. The standard InChI is InChI=1S/C12H13ClN6O/c1-6-7(2)18-19-12(15-6)16-11(20)9-5-8(13)3-4-10(9)17-14/h3-5,17H,14H2,1-2H3,(H,15,16,19,20). The van der Waals surface area contributed by atoms with Gasteiger partial charge in [-0.1, -0.05) is 11.6 Å². The van der Waals surface area contributed by atoms with Gasteiger partial charge < -0.3 is 5.43 Å². The number of benzene rings is 1. The maximum absolute atomic E-state index is 12.2. The molecule has 1 aromatic carbocycles. The zero-order chi connectivity index (χ0) is 14.7. The molecule has 0 bridgehead atoms. The van der Waals surface area contributed by atoms with Crippen molar-refractivity contribution in [1.82, 2.24) is 15.2 Å². The van der Waals surface area contributed by atoms with Crippen LogP contribution < -0.4 is 16.6 Å². The zero-order valence-electron chi connectivity index (χ0n) is 10.9. The average molecular weight is 293 g/mol. The normalized spacial score (nSPS) is 10.2. The third-order valence-electron chi connectivity index (χ3n) is 2.70.